The van der Waals surface area contributed by atoms with Gasteiger partial charge in [-0.3, -0.25) is 0 Å². The highest BCUT2D eigenvalue weighted by molar-refractivity contribution is 5.17. The molecule has 1 nitrogen and oxygen atoms in total. The number of rotatable bonds is 5. The van der Waals surface area contributed by atoms with E-state index in [1.165, 1.54) is 50.7 Å². The monoisotopic (exact) mass is 267 g/mol. The van der Waals surface area contributed by atoms with E-state index in [-0.39, 0.29) is 0 Å². The van der Waals surface area contributed by atoms with Crippen molar-refractivity contribution in [2.75, 3.05) is 0 Å². The lowest BCUT2D eigenvalue weighted by molar-refractivity contribution is 0.277. The lowest BCUT2D eigenvalue weighted by Gasteiger charge is -2.29. The number of nitrogens with one attached hydrogen (secondary N) is 1. The van der Waals surface area contributed by atoms with E-state index in [1.54, 1.807) is 0 Å². The van der Waals surface area contributed by atoms with Gasteiger partial charge in [-0.2, -0.15) is 0 Å². The minimum Gasteiger partial charge on any atom is -0.310 e. The Morgan fingerprint density at radius 2 is 1.68 bits per heavy atom. The molecule has 0 atom stereocenters. The zero-order valence-corrected chi connectivity index (χ0v) is 11.6. The van der Waals surface area contributed by atoms with Crippen LogP contribution in [0.4, 0.5) is 8.78 Å². The number of hydrogen-bond acceptors (Lipinski definition) is 1. The Balaban J connectivity index is 1.77. The molecule has 0 heterocycles. The van der Waals surface area contributed by atoms with Crippen molar-refractivity contribution in [3.8, 4) is 0 Å². The Hall–Kier alpha value is -0.960. The lowest BCUT2D eigenvalue weighted by atomic mass is 9.83. The van der Waals surface area contributed by atoms with Crippen LogP contribution in [-0.2, 0) is 6.54 Å². The molecule has 2 rings (SSSR count). The average Bonchev–Trinajstić information content (AvgIpc) is 2.37. The Bertz CT molecular complexity index is 377. The maximum Gasteiger partial charge on any atom is 0.126 e. The van der Waals surface area contributed by atoms with Gasteiger partial charge in [0.05, 0.1) is 0 Å². The molecule has 1 N–H and O–H groups in total. The molecule has 0 bridgehead atoms. The summed E-state index contributed by atoms with van der Waals surface area (Å²) in [5.74, 6) is -0.110. The van der Waals surface area contributed by atoms with Crippen molar-refractivity contribution in [2.45, 2.75) is 58.0 Å². The van der Waals surface area contributed by atoms with E-state index < -0.39 is 11.6 Å². The largest absolute Gasteiger partial charge is 0.310 e. The van der Waals surface area contributed by atoms with E-state index in [0.717, 1.165) is 12.0 Å². The highest BCUT2D eigenvalue weighted by Gasteiger charge is 2.19. The highest BCUT2D eigenvalue weighted by atomic mass is 19.1. The zero-order valence-electron chi connectivity index (χ0n) is 11.6. The van der Waals surface area contributed by atoms with Crippen LogP contribution in [-0.4, -0.2) is 6.04 Å². The fraction of sp³-hybridized carbons (Fsp3) is 0.625. The Labute approximate surface area is 114 Å². The summed E-state index contributed by atoms with van der Waals surface area (Å²) in [5, 5.41) is 3.42. The van der Waals surface area contributed by atoms with Crippen molar-refractivity contribution in [1.29, 1.82) is 0 Å². The molecule has 1 aromatic rings. The van der Waals surface area contributed by atoms with E-state index in [2.05, 4.69) is 12.2 Å². The Kier molecular flexibility index (Phi) is 5.32. The van der Waals surface area contributed by atoms with Crippen LogP contribution in [0, 0.1) is 17.6 Å². The predicted octanol–water partition coefficient (Wildman–Crippen LogP) is 4.41. The number of halogens is 2. The van der Waals surface area contributed by atoms with Gasteiger partial charge in [0, 0.05) is 18.7 Å². The van der Waals surface area contributed by atoms with Gasteiger partial charge in [0.2, 0.25) is 0 Å². The van der Waals surface area contributed by atoms with Gasteiger partial charge in [0.1, 0.15) is 11.6 Å². The molecule has 3 heteroatoms. The molecule has 0 aromatic heterocycles. The third-order valence-electron chi connectivity index (χ3n) is 4.06. The van der Waals surface area contributed by atoms with Gasteiger partial charge in [-0.05, 0) is 49.3 Å². The summed E-state index contributed by atoms with van der Waals surface area (Å²) in [6.07, 6.45) is 7.53. The second-order valence-electron chi connectivity index (χ2n) is 5.66. The molecular weight excluding hydrogens is 244 g/mol. The van der Waals surface area contributed by atoms with Gasteiger partial charge >= 0.3 is 0 Å². The minimum absolute atomic E-state index is 0.497. The van der Waals surface area contributed by atoms with E-state index >= 15 is 0 Å². The Morgan fingerprint density at radius 1 is 1.05 bits per heavy atom. The molecule has 1 saturated carbocycles. The average molecular weight is 267 g/mol. The fourth-order valence-electron chi connectivity index (χ4n) is 3.04. The normalized spacial score (nSPS) is 23.5. The minimum atomic E-state index is -0.497. The van der Waals surface area contributed by atoms with Crippen molar-refractivity contribution < 1.29 is 8.78 Å². The molecule has 0 aliphatic heterocycles. The molecule has 0 radical (unpaired) electrons. The summed E-state index contributed by atoms with van der Waals surface area (Å²) in [5.41, 5.74) is 0.688. The first-order valence-corrected chi connectivity index (χ1v) is 7.35. The van der Waals surface area contributed by atoms with Crippen LogP contribution in [0.3, 0.4) is 0 Å². The standard InChI is InChI=1S/C16H23F2N/c1-2-3-12-4-6-16(7-5-12)19-11-13-8-14(17)10-15(18)9-13/h8-10,12,16,19H,2-7,11H2,1H3. The summed E-state index contributed by atoms with van der Waals surface area (Å²) in [4.78, 5) is 0. The van der Waals surface area contributed by atoms with Crippen molar-refractivity contribution in [3.63, 3.8) is 0 Å². The van der Waals surface area contributed by atoms with Crippen LogP contribution >= 0.6 is 0 Å². The molecule has 0 unspecified atom stereocenters. The SMILES string of the molecule is CCCC1CCC(NCc2cc(F)cc(F)c2)CC1. The fourth-order valence-corrected chi connectivity index (χ4v) is 3.04. The molecule has 19 heavy (non-hydrogen) atoms. The van der Waals surface area contributed by atoms with Gasteiger partial charge in [-0.1, -0.05) is 19.8 Å². The van der Waals surface area contributed by atoms with E-state index in [4.69, 9.17) is 0 Å². The first kappa shape index (κ1) is 14.4. The summed E-state index contributed by atoms with van der Waals surface area (Å²) < 4.78 is 26.1. The predicted molar refractivity (Wildman–Crippen MR) is 73.9 cm³/mol. The molecule has 0 saturated heterocycles. The first-order chi connectivity index (χ1) is 9.17. The number of benzene rings is 1. The quantitative estimate of drug-likeness (QED) is 0.833. The van der Waals surface area contributed by atoms with Crippen LogP contribution in [0.2, 0.25) is 0 Å². The molecule has 1 aliphatic carbocycles. The van der Waals surface area contributed by atoms with Crippen molar-refractivity contribution in [3.05, 3.63) is 35.4 Å². The number of hydrogen-bond donors (Lipinski definition) is 1. The topological polar surface area (TPSA) is 12.0 Å². The third kappa shape index (κ3) is 4.57. The molecule has 0 amide bonds. The highest BCUT2D eigenvalue weighted by Crippen LogP contribution is 2.27. The molecule has 1 aromatic carbocycles. The summed E-state index contributed by atoms with van der Waals surface area (Å²) in [7, 11) is 0. The molecule has 106 valence electrons. The van der Waals surface area contributed by atoms with Gasteiger partial charge in [0.15, 0.2) is 0 Å². The third-order valence-corrected chi connectivity index (χ3v) is 4.06. The maximum atomic E-state index is 13.1. The molecule has 1 fully saturated rings. The van der Waals surface area contributed by atoms with E-state index in [0.29, 0.717) is 18.2 Å². The van der Waals surface area contributed by atoms with Crippen LogP contribution < -0.4 is 5.32 Å². The lowest BCUT2D eigenvalue weighted by Crippen LogP contribution is -2.32. The van der Waals surface area contributed by atoms with E-state index in [1.807, 2.05) is 0 Å². The van der Waals surface area contributed by atoms with Crippen molar-refractivity contribution in [2.24, 2.45) is 5.92 Å². The maximum absolute atomic E-state index is 13.1. The smallest absolute Gasteiger partial charge is 0.126 e. The van der Waals surface area contributed by atoms with Crippen LogP contribution in [0.25, 0.3) is 0 Å². The summed E-state index contributed by atoms with van der Waals surface area (Å²) in [6, 6.07) is 4.22. The Morgan fingerprint density at radius 3 is 2.26 bits per heavy atom. The van der Waals surface area contributed by atoms with Crippen molar-refractivity contribution >= 4 is 0 Å². The summed E-state index contributed by atoms with van der Waals surface area (Å²) >= 11 is 0. The van der Waals surface area contributed by atoms with Gasteiger partial charge < -0.3 is 5.32 Å². The first-order valence-electron chi connectivity index (χ1n) is 7.35. The van der Waals surface area contributed by atoms with Crippen LogP contribution in [0.15, 0.2) is 18.2 Å². The van der Waals surface area contributed by atoms with Crippen molar-refractivity contribution in [1.82, 2.24) is 5.32 Å². The molecule has 0 spiro atoms. The summed E-state index contributed by atoms with van der Waals surface area (Å²) in [6.45, 7) is 2.79. The van der Waals surface area contributed by atoms with Gasteiger partial charge in [-0.15, -0.1) is 0 Å². The second-order valence-corrected chi connectivity index (χ2v) is 5.66. The zero-order chi connectivity index (χ0) is 13.7. The van der Waals surface area contributed by atoms with Gasteiger partial charge in [-0.25, -0.2) is 8.78 Å². The van der Waals surface area contributed by atoms with Crippen LogP contribution in [0.5, 0.6) is 0 Å². The molecule has 1 aliphatic rings. The van der Waals surface area contributed by atoms with Gasteiger partial charge in [0.25, 0.3) is 0 Å². The van der Waals surface area contributed by atoms with Crippen LogP contribution in [0.1, 0.15) is 51.0 Å². The molecular formula is C16H23F2N. The van der Waals surface area contributed by atoms with E-state index in [9.17, 15) is 8.78 Å². The second kappa shape index (κ2) is 6.99.